The minimum atomic E-state index is -0.400. The normalized spacial score (nSPS) is 18.4. The molecule has 2 aliphatic heterocycles. The molecule has 0 amide bonds. The van der Waals surface area contributed by atoms with Crippen molar-refractivity contribution in [3.8, 4) is 5.75 Å². The number of ether oxygens (including phenoxy) is 1. The van der Waals surface area contributed by atoms with Crippen LogP contribution in [0.5, 0.6) is 5.75 Å². The molecule has 6 rings (SSSR count). The van der Waals surface area contributed by atoms with Crippen LogP contribution in [0.1, 0.15) is 28.8 Å². The van der Waals surface area contributed by atoms with Gasteiger partial charge in [0.25, 0.3) is 0 Å². The summed E-state index contributed by atoms with van der Waals surface area (Å²) in [5, 5.41) is 7.94. The van der Waals surface area contributed by atoms with Gasteiger partial charge in [-0.3, -0.25) is 0 Å². The van der Waals surface area contributed by atoms with Gasteiger partial charge in [-0.05, 0) is 53.6 Å². The number of nitrogens with one attached hydrogen (secondary N) is 1. The number of nitrogens with zero attached hydrogens (tertiary/aromatic N) is 4. The fourth-order valence-electron chi connectivity index (χ4n) is 4.63. The van der Waals surface area contributed by atoms with Gasteiger partial charge < -0.3 is 15.0 Å². The van der Waals surface area contributed by atoms with Crippen LogP contribution in [0.25, 0.3) is 5.70 Å². The van der Waals surface area contributed by atoms with Crippen molar-refractivity contribution in [1.29, 1.82) is 0 Å². The standard InChI is InChI=1S/C26H21BrFN5O/c1-32(2)19-10-5-16(6-11-19)25-22-23(20-13-18(28)9-12-21(20)34-25)31-26-29-14-30-33(26)24(22)15-3-7-17(27)8-4-15/h3-14,24-25H,1-2H3,(H,29,30,31)/t24-,25-/m1/s1. The molecule has 3 heterocycles. The van der Waals surface area contributed by atoms with Crippen LogP contribution in [0.4, 0.5) is 16.0 Å². The second-order valence-corrected chi connectivity index (χ2v) is 9.48. The summed E-state index contributed by atoms with van der Waals surface area (Å²) in [4.78, 5) is 6.48. The smallest absolute Gasteiger partial charge is 0.226 e. The first-order valence-electron chi connectivity index (χ1n) is 10.9. The third kappa shape index (κ3) is 3.37. The second-order valence-electron chi connectivity index (χ2n) is 8.56. The van der Waals surface area contributed by atoms with Gasteiger partial charge in [-0.1, -0.05) is 40.2 Å². The number of aromatic nitrogens is 3. The summed E-state index contributed by atoms with van der Waals surface area (Å²) in [5.41, 5.74) is 5.56. The molecule has 0 aliphatic carbocycles. The summed E-state index contributed by atoms with van der Waals surface area (Å²) in [7, 11) is 4.02. The Kier molecular flexibility index (Phi) is 4.91. The van der Waals surface area contributed by atoms with Crippen LogP contribution >= 0.6 is 15.9 Å². The lowest BCUT2D eigenvalue weighted by atomic mass is 9.84. The largest absolute Gasteiger partial charge is 0.480 e. The van der Waals surface area contributed by atoms with Crippen LogP contribution in [0.3, 0.4) is 0 Å². The van der Waals surface area contributed by atoms with E-state index in [1.54, 1.807) is 6.07 Å². The number of hydrogen-bond acceptors (Lipinski definition) is 5. The Morgan fingerprint density at radius 3 is 2.47 bits per heavy atom. The molecule has 0 fully saturated rings. The predicted molar refractivity (Wildman–Crippen MR) is 133 cm³/mol. The van der Waals surface area contributed by atoms with E-state index >= 15 is 0 Å². The third-order valence-corrected chi connectivity index (χ3v) is 6.80. The minimum Gasteiger partial charge on any atom is -0.480 e. The first-order valence-corrected chi connectivity index (χ1v) is 11.7. The fourth-order valence-corrected chi connectivity index (χ4v) is 4.89. The number of fused-ring (bicyclic) bond motifs is 3. The van der Waals surface area contributed by atoms with Crippen molar-refractivity contribution in [2.45, 2.75) is 12.1 Å². The van der Waals surface area contributed by atoms with E-state index in [0.29, 0.717) is 17.3 Å². The van der Waals surface area contributed by atoms with Crippen LogP contribution in [-0.2, 0) is 0 Å². The third-order valence-electron chi connectivity index (χ3n) is 6.27. The van der Waals surface area contributed by atoms with Crippen LogP contribution in [-0.4, -0.2) is 28.9 Å². The molecule has 2 atom stereocenters. The van der Waals surface area contributed by atoms with E-state index in [1.807, 2.05) is 30.9 Å². The molecule has 8 heteroatoms. The van der Waals surface area contributed by atoms with Crippen LogP contribution in [0, 0.1) is 5.82 Å². The monoisotopic (exact) mass is 517 g/mol. The first kappa shape index (κ1) is 20.9. The average Bonchev–Trinajstić information content (AvgIpc) is 3.31. The summed E-state index contributed by atoms with van der Waals surface area (Å²) in [6.45, 7) is 0. The molecular formula is C26H21BrFN5O. The van der Waals surface area contributed by atoms with Crippen molar-refractivity contribution in [1.82, 2.24) is 14.8 Å². The highest BCUT2D eigenvalue weighted by atomic mass is 79.9. The van der Waals surface area contributed by atoms with Gasteiger partial charge in [0.05, 0.1) is 5.70 Å². The highest BCUT2D eigenvalue weighted by Gasteiger charge is 2.41. The maximum atomic E-state index is 14.3. The van der Waals surface area contributed by atoms with E-state index in [2.05, 4.69) is 72.6 Å². The summed E-state index contributed by atoms with van der Waals surface area (Å²) in [6.07, 6.45) is 1.13. The number of benzene rings is 3. The Balaban J connectivity index is 1.59. The van der Waals surface area contributed by atoms with Crippen molar-refractivity contribution in [2.24, 2.45) is 0 Å². The lowest BCUT2D eigenvalue weighted by Crippen LogP contribution is -2.32. The SMILES string of the molecule is CN(C)c1ccc([C@H]2Oc3ccc(F)cc3C3=C2[C@@H](c2ccc(Br)cc2)n2ncnc2N3)cc1. The number of hydrogen-bond donors (Lipinski definition) is 1. The van der Waals surface area contributed by atoms with E-state index in [9.17, 15) is 4.39 Å². The Morgan fingerprint density at radius 2 is 1.74 bits per heavy atom. The van der Waals surface area contributed by atoms with Gasteiger partial charge in [0.15, 0.2) is 0 Å². The molecule has 0 saturated carbocycles. The molecule has 0 radical (unpaired) electrons. The van der Waals surface area contributed by atoms with Crippen molar-refractivity contribution in [2.75, 3.05) is 24.3 Å². The maximum absolute atomic E-state index is 14.3. The van der Waals surface area contributed by atoms with Gasteiger partial charge in [-0.25, -0.2) is 9.07 Å². The Labute approximate surface area is 204 Å². The second kappa shape index (κ2) is 7.99. The van der Waals surface area contributed by atoms with Gasteiger partial charge in [-0.2, -0.15) is 10.1 Å². The van der Waals surface area contributed by atoms with E-state index in [4.69, 9.17) is 4.74 Å². The summed E-state index contributed by atoms with van der Waals surface area (Å²) in [6, 6.07) is 20.8. The molecule has 4 aromatic rings. The minimum absolute atomic E-state index is 0.281. The van der Waals surface area contributed by atoms with Gasteiger partial charge in [0, 0.05) is 35.4 Å². The van der Waals surface area contributed by atoms with Gasteiger partial charge >= 0.3 is 0 Å². The van der Waals surface area contributed by atoms with E-state index in [1.165, 1.54) is 18.5 Å². The molecule has 170 valence electrons. The molecule has 6 nitrogen and oxygen atoms in total. The zero-order valence-electron chi connectivity index (χ0n) is 18.5. The van der Waals surface area contributed by atoms with Crippen molar-refractivity contribution >= 4 is 33.3 Å². The topological polar surface area (TPSA) is 55.2 Å². The van der Waals surface area contributed by atoms with E-state index in [0.717, 1.165) is 32.6 Å². The van der Waals surface area contributed by atoms with Crippen LogP contribution in [0.15, 0.2) is 83.1 Å². The quantitative estimate of drug-likeness (QED) is 0.371. The molecule has 0 spiro atoms. The fraction of sp³-hybridized carbons (Fsp3) is 0.154. The Morgan fingerprint density at radius 1 is 1.00 bits per heavy atom. The van der Waals surface area contributed by atoms with Crippen LogP contribution in [0.2, 0.25) is 0 Å². The number of rotatable bonds is 3. The lowest BCUT2D eigenvalue weighted by Gasteiger charge is -2.39. The molecule has 2 aliphatic rings. The number of halogens is 2. The summed E-state index contributed by atoms with van der Waals surface area (Å²) in [5.74, 6) is 0.902. The van der Waals surface area contributed by atoms with Crippen molar-refractivity contribution in [3.63, 3.8) is 0 Å². The predicted octanol–water partition coefficient (Wildman–Crippen LogP) is 5.81. The molecule has 0 bridgehead atoms. The zero-order chi connectivity index (χ0) is 23.4. The van der Waals surface area contributed by atoms with Crippen LogP contribution < -0.4 is 15.0 Å². The molecule has 0 saturated heterocycles. The zero-order valence-corrected chi connectivity index (χ0v) is 20.1. The Bertz CT molecular complexity index is 1410. The molecule has 34 heavy (non-hydrogen) atoms. The Hall–Kier alpha value is -3.65. The van der Waals surface area contributed by atoms with Gasteiger partial charge in [0.2, 0.25) is 5.95 Å². The summed E-state index contributed by atoms with van der Waals surface area (Å²) < 4.78 is 23.8. The average molecular weight is 518 g/mol. The first-order chi connectivity index (χ1) is 16.5. The maximum Gasteiger partial charge on any atom is 0.226 e. The van der Waals surface area contributed by atoms with Crippen molar-refractivity contribution < 1.29 is 9.13 Å². The van der Waals surface area contributed by atoms with Crippen molar-refractivity contribution in [3.05, 3.63) is 106 Å². The summed E-state index contributed by atoms with van der Waals surface area (Å²) >= 11 is 3.53. The molecule has 1 N–H and O–H groups in total. The van der Waals surface area contributed by atoms with Gasteiger partial charge in [0.1, 0.15) is 30.0 Å². The highest BCUT2D eigenvalue weighted by molar-refractivity contribution is 9.10. The highest BCUT2D eigenvalue weighted by Crippen LogP contribution is 2.50. The molecule has 0 unspecified atom stereocenters. The van der Waals surface area contributed by atoms with Gasteiger partial charge in [-0.15, -0.1) is 0 Å². The molecule has 1 aromatic heterocycles. The van der Waals surface area contributed by atoms with E-state index < -0.39 is 6.10 Å². The lowest BCUT2D eigenvalue weighted by molar-refractivity contribution is 0.222. The molecular weight excluding hydrogens is 497 g/mol. The number of anilines is 2. The van der Waals surface area contributed by atoms with E-state index in [-0.39, 0.29) is 11.9 Å². The molecule has 3 aromatic carbocycles.